The van der Waals surface area contributed by atoms with Crippen molar-refractivity contribution in [1.82, 2.24) is 0 Å². The van der Waals surface area contributed by atoms with E-state index in [2.05, 4.69) is 24.3 Å². The van der Waals surface area contributed by atoms with Crippen LogP contribution in [0.4, 0.5) is 0 Å². The van der Waals surface area contributed by atoms with Crippen LogP contribution in [-0.4, -0.2) is 0 Å². The molecular formula is C18H18OS3. The van der Waals surface area contributed by atoms with Gasteiger partial charge in [-0.2, -0.15) is 11.3 Å². The molecule has 1 heterocycles. The zero-order valence-corrected chi connectivity index (χ0v) is 14.6. The molecule has 22 heavy (non-hydrogen) atoms. The summed E-state index contributed by atoms with van der Waals surface area (Å²) in [5, 5.41) is 4.08. The summed E-state index contributed by atoms with van der Waals surface area (Å²) in [6.07, 6.45) is 0. The highest BCUT2D eigenvalue weighted by Crippen LogP contribution is 2.22. The smallest absolute Gasteiger partial charge is 0.0461 e. The lowest BCUT2D eigenvalue weighted by Crippen LogP contribution is -1.80. The van der Waals surface area contributed by atoms with Gasteiger partial charge in [-0.15, -0.1) is 0 Å². The zero-order valence-electron chi connectivity index (χ0n) is 12.1. The van der Waals surface area contributed by atoms with E-state index in [1.54, 1.807) is 11.3 Å². The molecule has 0 fully saturated rings. The first-order chi connectivity index (χ1) is 10.9. The van der Waals surface area contributed by atoms with Gasteiger partial charge in [0.15, 0.2) is 0 Å². The van der Waals surface area contributed by atoms with Gasteiger partial charge in [-0.3, -0.25) is 0 Å². The standard InChI is InChI=1S/C14H14OS2.C4H4S/c1-3-7-13(8-4-1)11-16-15-17-12-14-9-5-2-6-10-14;1-2-4-5-3-1/h1-10H,11-12H2;1-4H. The van der Waals surface area contributed by atoms with Crippen LogP contribution in [-0.2, 0) is 15.1 Å². The molecule has 4 heteroatoms. The Balaban J connectivity index is 0.000000299. The Bertz CT molecular complexity index is 524. The van der Waals surface area contributed by atoms with E-state index < -0.39 is 0 Å². The van der Waals surface area contributed by atoms with Crippen LogP contribution >= 0.6 is 35.4 Å². The van der Waals surface area contributed by atoms with Crippen LogP contribution in [0.1, 0.15) is 11.1 Å². The van der Waals surface area contributed by atoms with Crippen molar-refractivity contribution in [1.29, 1.82) is 0 Å². The molecule has 0 unspecified atom stereocenters. The SMILES string of the molecule is c1ccc(CSOSCc2ccccc2)cc1.c1ccsc1. The molecule has 0 saturated heterocycles. The minimum atomic E-state index is 0.891. The van der Waals surface area contributed by atoms with Crippen LogP contribution in [0.5, 0.6) is 0 Å². The van der Waals surface area contributed by atoms with Gasteiger partial charge in [0.25, 0.3) is 0 Å². The number of hydrogen-bond donors (Lipinski definition) is 0. The summed E-state index contributed by atoms with van der Waals surface area (Å²) in [6.45, 7) is 0. The Hall–Kier alpha value is -1.20. The van der Waals surface area contributed by atoms with Crippen LogP contribution in [0, 0.1) is 0 Å². The van der Waals surface area contributed by atoms with Crippen molar-refractivity contribution in [3.8, 4) is 0 Å². The van der Waals surface area contributed by atoms with Crippen molar-refractivity contribution in [2.24, 2.45) is 0 Å². The van der Waals surface area contributed by atoms with Crippen molar-refractivity contribution in [3.05, 3.63) is 94.7 Å². The maximum Gasteiger partial charge on any atom is 0.0461 e. The molecule has 1 nitrogen and oxygen atoms in total. The predicted molar refractivity (Wildman–Crippen MR) is 101 cm³/mol. The fourth-order valence-electron chi connectivity index (χ4n) is 1.59. The number of rotatable bonds is 6. The van der Waals surface area contributed by atoms with Gasteiger partial charge in [-0.1, -0.05) is 72.8 Å². The molecule has 0 spiro atoms. The molecule has 0 bridgehead atoms. The lowest BCUT2D eigenvalue weighted by atomic mass is 10.2. The molecule has 1 aromatic heterocycles. The van der Waals surface area contributed by atoms with Crippen LogP contribution in [0.15, 0.2) is 83.6 Å². The molecule has 0 saturated carbocycles. The molecule has 0 aliphatic rings. The number of hydrogen-bond acceptors (Lipinski definition) is 4. The van der Waals surface area contributed by atoms with E-state index in [0.29, 0.717) is 0 Å². The van der Waals surface area contributed by atoms with Gasteiger partial charge >= 0.3 is 0 Å². The van der Waals surface area contributed by atoms with Gasteiger partial charge < -0.3 is 0 Å². The molecule has 0 amide bonds. The van der Waals surface area contributed by atoms with Gasteiger partial charge in [0.2, 0.25) is 0 Å². The fourth-order valence-corrected chi connectivity index (χ4v) is 3.36. The monoisotopic (exact) mass is 346 g/mol. The highest BCUT2D eigenvalue weighted by Gasteiger charge is 1.95. The summed E-state index contributed by atoms with van der Waals surface area (Å²) in [5.41, 5.74) is 2.58. The second-order valence-electron chi connectivity index (χ2n) is 4.36. The van der Waals surface area contributed by atoms with E-state index in [4.69, 9.17) is 3.63 Å². The molecular weight excluding hydrogens is 328 g/mol. The van der Waals surface area contributed by atoms with Crippen LogP contribution in [0.2, 0.25) is 0 Å². The largest absolute Gasteiger partial charge is 0.247 e. The van der Waals surface area contributed by atoms with Crippen LogP contribution in [0.25, 0.3) is 0 Å². The van der Waals surface area contributed by atoms with E-state index in [0.717, 1.165) is 11.5 Å². The van der Waals surface area contributed by atoms with Crippen molar-refractivity contribution in [3.63, 3.8) is 0 Å². The highest BCUT2D eigenvalue weighted by atomic mass is 32.2. The second kappa shape index (κ2) is 11.4. The van der Waals surface area contributed by atoms with Crippen molar-refractivity contribution in [2.75, 3.05) is 0 Å². The summed E-state index contributed by atoms with van der Waals surface area (Å²) < 4.78 is 5.47. The Morgan fingerprint density at radius 3 is 1.45 bits per heavy atom. The molecule has 0 N–H and O–H groups in total. The maximum absolute atomic E-state index is 5.47. The minimum absolute atomic E-state index is 0.891. The van der Waals surface area contributed by atoms with Gasteiger partial charge in [0.1, 0.15) is 0 Å². The van der Waals surface area contributed by atoms with E-state index in [-0.39, 0.29) is 0 Å². The summed E-state index contributed by atoms with van der Waals surface area (Å²) in [4.78, 5) is 0. The molecule has 2 aromatic carbocycles. The van der Waals surface area contributed by atoms with Crippen molar-refractivity contribution in [2.45, 2.75) is 11.5 Å². The highest BCUT2D eigenvalue weighted by molar-refractivity contribution is 8.07. The predicted octanol–water partition coefficient (Wildman–Crippen LogP) is 6.45. The maximum atomic E-state index is 5.47. The van der Waals surface area contributed by atoms with Gasteiger partial charge in [-0.05, 0) is 21.9 Å². The fraction of sp³-hybridized carbons (Fsp3) is 0.111. The molecule has 0 aliphatic heterocycles. The van der Waals surface area contributed by atoms with Crippen LogP contribution < -0.4 is 0 Å². The van der Waals surface area contributed by atoms with Crippen LogP contribution in [0.3, 0.4) is 0 Å². The Kier molecular flexibility index (Phi) is 8.87. The Morgan fingerprint density at radius 2 is 1.09 bits per heavy atom. The van der Waals surface area contributed by atoms with Crippen molar-refractivity contribution >= 4 is 35.4 Å². The minimum Gasteiger partial charge on any atom is -0.247 e. The van der Waals surface area contributed by atoms with Crippen molar-refractivity contribution < 1.29 is 3.63 Å². The average molecular weight is 347 g/mol. The lowest BCUT2D eigenvalue weighted by molar-refractivity contribution is 0.755. The first kappa shape index (κ1) is 17.2. The molecule has 0 radical (unpaired) electrons. The Morgan fingerprint density at radius 1 is 0.636 bits per heavy atom. The molecule has 0 atom stereocenters. The third-order valence-electron chi connectivity index (χ3n) is 2.66. The third-order valence-corrected chi connectivity index (χ3v) is 4.96. The van der Waals surface area contributed by atoms with E-state index in [9.17, 15) is 0 Å². The Labute approximate surface area is 145 Å². The summed E-state index contributed by atoms with van der Waals surface area (Å²) in [6, 6.07) is 24.7. The molecule has 0 aliphatic carbocycles. The third kappa shape index (κ3) is 7.71. The summed E-state index contributed by atoms with van der Waals surface area (Å²) >= 11 is 4.69. The van der Waals surface area contributed by atoms with E-state index in [1.807, 2.05) is 59.3 Å². The number of thiophene rings is 1. The first-order valence-electron chi connectivity index (χ1n) is 6.91. The normalized spacial score (nSPS) is 9.82. The summed E-state index contributed by atoms with van der Waals surface area (Å²) in [7, 11) is 0. The quantitative estimate of drug-likeness (QED) is 0.375. The molecule has 3 rings (SSSR count). The zero-order chi connectivity index (χ0) is 15.3. The second-order valence-corrected chi connectivity index (χ2v) is 6.77. The topological polar surface area (TPSA) is 9.23 Å². The molecule has 3 aromatic rings. The lowest BCUT2D eigenvalue weighted by Gasteiger charge is -2.02. The van der Waals surface area contributed by atoms with E-state index >= 15 is 0 Å². The van der Waals surface area contributed by atoms with Gasteiger partial charge in [-0.25, -0.2) is 3.63 Å². The first-order valence-corrected chi connectivity index (χ1v) is 9.67. The summed E-state index contributed by atoms with van der Waals surface area (Å²) in [5.74, 6) is 1.78. The average Bonchev–Trinajstić information content (AvgIpc) is 3.16. The van der Waals surface area contributed by atoms with Gasteiger partial charge in [0.05, 0.1) is 0 Å². The van der Waals surface area contributed by atoms with E-state index in [1.165, 1.54) is 35.2 Å². The molecule has 114 valence electrons. The van der Waals surface area contributed by atoms with Gasteiger partial charge in [0, 0.05) is 35.6 Å². The number of benzene rings is 2.